The molecule has 2 N–H and O–H groups in total. The number of pyridine rings is 1. The molecule has 0 bridgehead atoms. The Morgan fingerprint density at radius 1 is 1.29 bits per heavy atom. The summed E-state index contributed by atoms with van der Waals surface area (Å²) < 4.78 is 18.7. The van der Waals surface area contributed by atoms with E-state index < -0.39 is 0 Å². The summed E-state index contributed by atoms with van der Waals surface area (Å²) in [6.45, 7) is 6.56. The number of nitrogens with one attached hydrogen (secondary N) is 2. The van der Waals surface area contributed by atoms with Gasteiger partial charge in [-0.25, -0.2) is 14.4 Å². The van der Waals surface area contributed by atoms with E-state index in [4.69, 9.17) is 4.74 Å². The number of nitrogens with zero attached hydrogens (tertiary/aromatic N) is 3. The van der Waals surface area contributed by atoms with Crippen LogP contribution >= 0.6 is 24.0 Å². The minimum absolute atomic E-state index is 0. The van der Waals surface area contributed by atoms with Crippen LogP contribution in [0.15, 0.2) is 47.6 Å². The summed E-state index contributed by atoms with van der Waals surface area (Å²) in [6, 6.07) is 9.68. The largest absolute Gasteiger partial charge is 0.439 e. The number of carbonyl (C=O) groups excluding carboxylic acids is 1. The monoisotopic (exact) mass is 541 g/mol. The van der Waals surface area contributed by atoms with E-state index in [9.17, 15) is 9.18 Å². The van der Waals surface area contributed by atoms with E-state index in [1.54, 1.807) is 18.3 Å². The van der Waals surface area contributed by atoms with Crippen molar-refractivity contribution in [2.24, 2.45) is 4.99 Å². The van der Waals surface area contributed by atoms with Crippen LogP contribution in [0.5, 0.6) is 11.6 Å². The highest BCUT2D eigenvalue weighted by Gasteiger charge is 2.25. The molecule has 1 aliphatic heterocycles. The van der Waals surface area contributed by atoms with Gasteiger partial charge in [-0.1, -0.05) is 6.92 Å². The Kier molecular flexibility index (Phi) is 9.96. The van der Waals surface area contributed by atoms with Crippen molar-refractivity contribution in [2.45, 2.75) is 39.3 Å². The van der Waals surface area contributed by atoms with Crippen molar-refractivity contribution in [3.63, 3.8) is 0 Å². The van der Waals surface area contributed by atoms with Gasteiger partial charge >= 0.3 is 0 Å². The van der Waals surface area contributed by atoms with Crippen LogP contribution in [0.25, 0.3) is 0 Å². The van der Waals surface area contributed by atoms with E-state index in [-0.39, 0.29) is 41.7 Å². The molecule has 2 aromatic rings. The van der Waals surface area contributed by atoms with Gasteiger partial charge in [-0.15, -0.1) is 24.0 Å². The fourth-order valence-electron chi connectivity index (χ4n) is 3.24. The highest BCUT2D eigenvalue weighted by atomic mass is 127. The second kappa shape index (κ2) is 12.4. The van der Waals surface area contributed by atoms with Crippen molar-refractivity contribution in [2.75, 3.05) is 19.6 Å². The van der Waals surface area contributed by atoms with E-state index in [0.717, 1.165) is 25.1 Å². The maximum Gasteiger partial charge on any atom is 0.222 e. The van der Waals surface area contributed by atoms with Gasteiger partial charge in [-0.3, -0.25) is 4.79 Å². The van der Waals surface area contributed by atoms with Crippen molar-refractivity contribution in [1.82, 2.24) is 20.5 Å². The van der Waals surface area contributed by atoms with Crippen LogP contribution in [-0.4, -0.2) is 47.4 Å². The van der Waals surface area contributed by atoms with Gasteiger partial charge in [0.25, 0.3) is 0 Å². The number of amides is 1. The smallest absolute Gasteiger partial charge is 0.222 e. The molecule has 1 unspecified atom stereocenters. The average molecular weight is 541 g/mol. The number of benzene rings is 1. The SMILES string of the molecule is CCNC(=NCc1ccnc(Oc2ccc(F)cc2)c1)NC1CCN(C(=O)CC)C1.I. The van der Waals surface area contributed by atoms with Crippen LogP contribution in [0.4, 0.5) is 4.39 Å². The van der Waals surface area contributed by atoms with E-state index in [1.165, 1.54) is 12.1 Å². The number of rotatable bonds is 7. The zero-order valence-electron chi connectivity index (χ0n) is 17.8. The molecule has 168 valence electrons. The summed E-state index contributed by atoms with van der Waals surface area (Å²) in [5.41, 5.74) is 0.938. The first-order chi connectivity index (χ1) is 14.6. The molecule has 0 spiro atoms. The molecule has 9 heteroatoms. The van der Waals surface area contributed by atoms with Crippen LogP contribution in [0.1, 0.15) is 32.3 Å². The minimum Gasteiger partial charge on any atom is -0.439 e. The Labute approximate surface area is 199 Å². The third-order valence-electron chi connectivity index (χ3n) is 4.78. The number of aliphatic imine (C=N–C) groups is 1. The first-order valence-electron chi connectivity index (χ1n) is 10.3. The standard InChI is InChI=1S/C22H28FN5O2.HI/c1-3-21(29)28-12-10-18(15-28)27-22(24-4-2)26-14-16-9-11-25-20(13-16)30-19-7-5-17(23)6-8-19;/h5-9,11,13,18H,3-4,10,12,14-15H2,1-2H3,(H2,24,26,27);1H. The summed E-state index contributed by atoms with van der Waals surface area (Å²) in [5.74, 6) is 1.54. The number of hydrogen-bond donors (Lipinski definition) is 2. The van der Waals surface area contributed by atoms with E-state index >= 15 is 0 Å². The molecule has 7 nitrogen and oxygen atoms in total. The Bertz CT molecular complexity index is 878. The van der Waals surface area contributed by atoms with Crippen LogP contribution in [0.2, 0.25) is 0 Å². The lowest BCUT2D eigenvalue weighted by Crippen LogP contribution is -2.45. The first kappa shape index (κ1) is 24.8. The van der Waals surface area contributed by atoms with Gasteiger partial charge in [-0.05, 0) is 49.2 Å². The maximum absolute atomic E-state index is 13.0. The molecule has 1 atom stereocenters. The van der Waals surface area contributed by atoms with Crippen LogP contribution < -0.4 is 15.4 Å². The molecule has 1 amide bonds. The van der Waals surface area contributed by atoms with Gasteiger partial charge in [0, 0.05) is 44.4 Å². The summed E-state index contributed by atoms with van der Waals surface area (Å²) >= 11 is 0. The number of likely N-dealkylation sites (tertiary alicyclic amines) is 1. The fraction of sp³-hybridized carbons (Fsp3) is 0.409. The number of halogens is 2. The lowest BCUT2D eigenvalue weighted by atomic mass is 10.2. The van der Waals surface area contributed by atoms with Gasteiger partial charge in [0.1, 0.15) is 11.6 Å². The molecule has 0 aliphatic carbocycles. The van der Waals surface area contributed by atoms with Crippen molar-refractivity contribution < 1.29 is 13.9 Å². The Morgan fingerprint density at radius 3 is 2.77 bits per heavy atom. The predicted octanol–water partition coefficient (Wildman–Crippen LogP) is 3.70. The third-order valence-corrected chi connectivity index (χ3v) is 4.78. The maximum atomic E-state index is 13.0. The lowest BCUT2D eigenvalue weighted by molar-refractivity contribution is -0.129. The zero-order chi connectivity index (χ0) is 21.3. The molecular weight excluding hydrogens is 512 g/mol. The van der Waals surface area contributed by atoms with Crippen LogP contribution in [-0.2, 0) is 11.3 Å². The van der Waals surface area contributed by atoms with Crippen molar-refractivity contribution in [1.29, 1.82) is 0 Å². The van der Waals surface area contributed by atoms with Gasteiger partial charge in [-0.2, -0.15) is 0 Å². The number of guanidine groups is 1. The summed E-state index contributed by atoms with van der Waals surface area (Å²) in [5, 5.41) is 6.67. The molecule has 31 heavy (non-hydrogen) atoms. The molecule has 3 rings (SSSR count). The highest BCUT2D eigenvalue weighted by molar-refractivity contribution is 14.0. The molecule has 1 saturated heterocycles. The Morgan fingerprint density at radius 2 is 2.06 bits per heavy atom. The number of ether oxygens (including phenoxy) is 1. The molecule has 1 aromatic carbocycles. The van der Waals surface area contributed by atoms with Gasteiger partial charge in [0.15, 0.2) is 5.96 Å². The highest BCUT2D eigenvalue weighted by Crippen LogP contribution is 2.20. The Hall–Kier alpha value is -2.43. The van der Waals surface area contributed by atoms with E-state index in [0.29, 0.717) is 37.1 Å². The predicted molar refractivity (Wildman–Crippen MR) is 129 cm³/mol. The van der Waals surface area contributed by atoms with Gasteiger partial charge in [0.2, 0.25) is 11.8 Å². The van der Waals surface area contributed by atoms with Gasteiger partial charge in [0.05, 0.1) is 6.54 Å². The zero-order valence-corrected chi connectivity index (χ0v) is 20.1. The second-order valence-corrected chi connectivity index (χ2v) is 7.08. The fourth-order valence-corrected chi connectivity index (χ4v) is 3.24. The van der Waals surface area contributed by atoms with E-state index in [1.807, 2.05) is 30.9 Å². The van der Waals surface area contributed by atoms with Crippen LogP contribution in [0.3, 0.4) is 0 Å². The van der Waals surface area contributed by atoms with Gasteiger partial charge < -0.3 is 20.3 Å². The quantitative estimate of drug-likeness (QED) is 0.318. The Balaban J connectivity index is 0.00000341. The first-order valence-corrected chi connectivity index (χ1v) is 10.3. The minimum atomic E-state index is -0.314. The van der Waals surface area contributed by atoms with Crippen LogP contribution in [0, 0.1) is 5.82 Å². The lowest BCUT2D eigenvalue weighted by Gasteiger charge is -2.18. The molecular formula is C22H29FIN5O2. The second-order valence-electron chi connectivity index (χ2n) is 7.08. The summed E-state index contributed by atoms with van der Waals surface area (Å²) in [6.07, 6.45) is 3.10. The molecule has 0 radical (unpaired) electrons. The molecule has 1 aliphatic rings. The third kappa shape index (κ3) is 7.64. The number of aromatic nitrogens is 1. The molecule has 1 fully saturated rings. The normalized spacial score (nSPS) is 15.9. The summed E-state index contributed by atoms with van der Waals surface area (Å²) in [4.78, 5) is 22.6. The van der Waals surface area contributed by atoms with Crippen molar-refractivity contribution in [3.8, 4) is 11.6 Å². The number of carbonyl (C=O) groups is 1. The summed E-state index contributed by atoms with van der Waals surface area (Å²) in [7, 11) is 0. The molecule has 1 aromatic heterocycles. The van der Waals surface area contributed by atoms with Crippen molar-refractivity contribution >= 4 is 35.8 Å². The average Bonchev–Trinajstić information content (AvgIpc) is 3.22. The van der Waals surface area contributed by atoms with Crippen molar-refractivity contribution in [3.05, 3.63) is 54.0 Å². The number of hydrogen-bond acceptors (Lipinski definition) is 4. The molecule has 0 saturated carbocycles. The topological polar surface area (TPSA) is 78.9 Å². The molecule has 2 heterocycles. The van der Waals surface area contributed by atoms with E-state index in [2.05, 4.69) is 20.6 Å².